The molecule has 0 N–H and O–H groups in total. The van der Waals surface area contributed by atoms with E-state index in [4.69, 9.17) is 0 Å². The van der Waals surface area contributed by atoms with Gasteiger partial charge in [-0.25, -0.2) is 0 Å². The fourth-order valence-corrected chi connectivity index (χ4v) is 2.76. The average molecular weight is 259 g/mol. The average Bonchev–Trinajstić information content (AvgIpc) is 2.42. The summed E-state index contributed by atoms with van der Waals surface area (Å²) in [7, 11) is 0. The van der Waals surface area contributed by atoms with Crippen LogP contribution in [0.15, 0.2) is 18.2 Å². The van der Waals surface area contributed by atoms with Crippen molar-refractivity contribution in [3.8, 4) is 0 Å². The molecular formula is C17H25NO. The van der Waals surface area contributed by atoms with Crippen molar-refractivity contribution in [1.82, 2.24) is 4.90 Å². The van der Waals surface area contributed by atoms with Gasteiger partial charge in [0.25, 0.3) is 0 Å². The molecule has 0 radical (unpaired) electrons. The molecule has 0 atom stereocenters. The van der Waals surface area contributed by atoms with E-state index in [9.17, 15) is 4.79 Å². The molecule has 19 heavy (non-hydrogen) atoms. The Morgan fingerprint density at radius 1 is 1.21 bits per heavy atom. The number of carbonyl (C=O) groups excluding carboxylic acids is 1. The van der Waals surface area contributed by atoms with Gasteiger partial charge in [-0.3, -0.25) is 9.69 Å². The second-order valence-electron chi connectivity index (χ2n) is 5.85. The first kappa shape index (κ1) is 14.3. The molecule has 0 aliphatic carbocycles. The molecule has 0 spiro atoms. The molecule has 0 unspecified atom stereocenters. The van der Waals surface area contributed by atoms with Crippen LogP contribution >= 0.6 is 0 Å². The first-order valence-electron chi connectivity index (χ1n) is 7.43. The highest BCUT2D eigenvalue weighted by Crippen LogP contribution is 2.20. The molecule has 0 bridgehead atoms. The fraction of sp³-hybridized carbons (Fsp3) is 0.588. The van der Waals surface area contributed by atoms with Crippen LogP contribution < -0.4 is 0 Å². The molecule has 2 nitrogen and oxygen atoms in total. The summed E-state index contributed by atoms with van der Waals surface area (Å²) < 4.78 is 0. The van der Waals surface area contributed by atoms with Crippen molar-refractivity contribution < 1.29 is 4.79 Å². The maximum Gasteiger partial charge on any atom is 0.176 e. The van der Waals surface area contributed by atoms with E-state index in [1.165, 1.54) is 30.4 Å². The lowest BCUT2D eigenvalue weighted by molar-refractivity contribution is 0.0894. The van der Waals surface area contributed by atoms with Gasteiger partial charge < -0.3 is 0 Å². The van der Waals surface area contributed by atoms with Crippen LogP contribution in [0.2, 0.25) is 0 Å². The molecule has 0 saturated carbocycles. The van der Waals surface area contributed by atoms with Gasteiger partial charge in [0.2, 0.25) is 0 Å². The SMILES string of the molecule is CCC1CCN(CC(=O)c2ccc(C)c(C)c2)CC1. The second-order valence-corrected chi connectivity index (χ2v) is 5.85. The van der Waals surface area contributed by atoms with Crippen LogP contribution in [0.5, 0.6) is 0 Å². The molecule has 1 aliphatic heterocycles. The fourth-order valence-electron chi connectivity index (χ4n) is 2.76. The summed E-state index contributed by atoms with van der Waals surface area (Å²) in [4.78, 5) is 14.6. The Hall–Kier alpha value is -1.15. The van der Waals surface area contributed by atoms with Crippen molar-refractivity contribution in [1.29, 1.82) is 0 Å². The molecule has 0 amide bonds. The monoisotopic (exact) mass is 259 g/mol. The molecule has 1 heterocycles. The third-order valence-electron chi connectivity index (χ3n) is 4.48. The lowest BCUT2D eigenvalue weighted by Crippen LogP contribution is -2.37. The van der Waals surface area contributed by atoms with Gasteiger partial charge >= 0.3 is 0 Å². The highest BCUT2D eigenvalue weighted by molar-refractivity contribution is 5.97. The minimum Gasteiger partial charge on any atom is -0.296 e. The van der Waals surface area contributed by atoms with E-state index in [1.807, 2.05) is 18.2 Å². The van der Waals surface area contributed by atoms with Crippen LogP contribution in [0.25, 0.3) is 0 Å². The van der Waals surface area contributed by atoms with Crippen molar-refractivity contribution >= 4 is 5.78 Å². The molecule has 1 saturated heterocycles. The van der Waals surface area contributed by atoms with Crippen molar-refractivity contribution in [3.05, 3.63) is 34.9 Å². The third-order valence-corrected chi connectivity index (χ3v) is 4.48. The molecule has 1 aliphatic rings. The van der Waals surface area contributed by atoms with Crippen molar-refractivity contribution in [2.45, 2.75) is 40.0 Å². The van der Waals surface area contributed by atoms with Crippen molar-refractivity contribution in [2.24, 2.45) is 5.92 Å². The van der Waals surface area contributed by atoms with E-state index >= 15 is 0 Å². The molecule has 104 valence electrons. The van der Waals surface area contributed by atoms with Gasteiger partial charge in [0, 0.05) is 5.56 Å². The van der Waals surface area contributed by atoms with Gasteiger partial charge in [0.05, 0.1) is 6.54 Å². The molecule has 1 fully saturated rings. The van der Waals surface area contributed by atoms with Gasteiger partial charge in [-0.2, -0.15) is 0 Å². The number of rotatable bonds is 4. The molecule has 2 rings (SSSR count). The summed E-state index contributed by atoms with van der Waals surface area (Å²) in [6.45, 7) is 9.15. The number of piperidine rings is 1. The topological polar surface area (TPSA) is 20.3 Å². The predicted octanol–water partition coefficient (Wildman–Crippen LogP) is 3.61. The highest BCUT2D eigenvalue weighted by atomic mass is 16.1. The zero-order chi connectivity index (χ0) is 13.8. The van der Waals surface area contributed by atoms with Gasteiger partial charge in [0.15, 0.2) is 5.78 Å². The number of ketones is 1. The number of likely N-dealkylation sites (tertiary alicyclic amines) is 1. The van der Waals surface area contributed by atoms with Gasteiger partial charge in [-0.05, 0) is 62.9 Å². The van der Waals surface area contributed by atoms with Crippen LogP contribution in [-0.4, -0.2) is 30.3 Å². The number of aryl methyl sites for hydroxylation is 2. The van der Waals surface area contributed by atoms with E-state index in [1.54, 1.807) is 0 Å². The summed E-state index contributed by atoms with van der Waals surface area (Å²) in [6, 6.07) is 6.03. The lowest BCUT2D eigenvalue weighted by Gasteiger charge is -2.30. The number of benzene rings is 1. The van der Waals surface area contributed by atoms with Crippen molar-refractivity contribution in [2.75, 3.05) is 19.6 Å². The quantitative estimate of drug-likeness (QED) is 0.770. The van der Waals surface area contributed by atoms with Gasteiger partial charge in [0.1, 0.15) is 0 Å². The molecule has 2 heteroatoms. The first-order chi connectivity index (χ1) is 9.10. The van der Waals surface area contributed by atoms with E-state index in [-0.39, 0.29) is 5.78 Å². The van der Waals surface area contributed by atoms with Crippen molar-refractivity contribution in [3.63, 3.8) is 0 Å². The van der Waals surface area contributed by atoms with Crippen LogP contribution in [0.4, 0.5) is 0 Å². The standard InChI is InChI=1S/C17H25NO/c1-4-15-7-9-18(10-8-15)12-17(19)16-6-5-13(2)14(3)11-16/h5-6,11,15H,4,7-10,12H2,1-3H3. The number of hydrogen-bond acceptors (Lipinski definition) is 2. The van der Waals surface area contributed by atoms with Crippen LogP contribution in [-0.2, 0) is 0 Å². The normalized spacial score (nSPS) is 17.6. The highest BCUT2D eigenvalue weighted by Gasteiger charge is 2.20. The lowest BCUT2D eigenvalue weighted by atomic mass is 9.94. The number of nitrogens with zero attached hydrogens (tertiary/aromatic N) is 1. The Morgan fingerprint density at radius 3 is 2.47 bits per heavy atom. The Balaban J connectivity index is 1.92. The largest absolute Gasteiger partial charge is 0.296 e. The molecular weight excluding hydrogens is 234 g/mol. The maximum absolute atomic E-state index is 12.3. The minimum atomic E-state index is 0.262. The zero-order valence-electron chi connectivity index (χ0n) is 12.4. The summed E-state index contributed by atoms with van der Waals surface area (Å²) in [5.74, 6) is 1.13. The predicted molar refractivity (Wildman–Crippen MR) is 79.7 cm³/mol. The summed E-state index contributed by atoms with van der Waals surface area (Å²) in [5, 5.41) is 0. The second kappa shape index (κ2) is 6.33. The van der Waals surface area contributed by atoms with Crippen LogP contribution in [0.1, 0.15) is 47.7 Å². The number of hydrogen-bond donors (Lipinski definition) is 0. The van der Waals surface area contributed by atoms with E-state index < -0.39 is 0 Å². The Bertz CT molecular complexity index is 445. The maximum atomic E-state index is 12.3. The van der Waals surface area contributed by atoms with E-state index in [2.05, 4.69) is 25.7 Å². The summed E-state index contributed by atoms with van der Waals surface area (Å²) in [5.41, 5.74) is 3.32. The van der Waals surface area contributed by atoms with Gasteiger partial charge in [-0.1, -0.05) is 25.5 Å². The summed E-state index contributed by atoms with van der Waals surface area (Å²) >= 11 is 0. The Morgan fingerprint density at radius 2 is 1.89 bits per heavy atom. The first-order valence-corrected chi connectivity index (χ1v) is 7.43. The smallest absolute Gasteiger partial charge is 0.176 e. The third kappa shape index (κ3) is 3.66. The number of carbonyl (C=O) groups is 1. The van der Waals surface area contributed by atoms with Gasteiger partial charge in [-0.15, -0.1) is 0 Å². The Labute approximate surface area is 116 Å². The number of Topliss-reactive ketones (excluding diaryl/α,β-unsaturated/α-hetero) is 1. The zero-order valence-corrected chi connectivity index (χ0v) is 12.4. The van der Waals surface area contributed by atoms with Crippen LogP contribution in [0, 0.1) is 19.8 Å². The molecule has 0 aromatic heterocycles. The van der Waals surface area contributed by atoms with Crippen LogP contribution in [0.3, 0.4) is 0 Å². The molecule has 1 aromatic carbocycles. The van der Waals surface area contributed by atoms with E-state index in [0.29, 0.717) is 6.54 Å². The molecule has 1 aromatic rings. The minimum absolute atomic E-state index is 0.262. The van der Waals surface area contributed by atoms with E-state index in [0.717, 1.165) is 24.6 Å². The Kier molecular flexibility index (Phi) is 4.76. The summed E-state index contributed by atoms with van der Waals surface area (Å²) in [6.07, 6.45) is 3.77.